The standard InChI is InChI=1S/C19H20BrN3O3/c1-26-16-4-2-3-15(11-16)21-12-17(24)22-23-18(25)19(9-10-19)13-5-7-14(20)8-6-13/h2-8,11,21H,9-10,12H2,1H3,(H,22,24)(H,23,25). The van der Waals surface area contributed by atoms with Crippen LogP contribution in [-0.4, -0.2) is 25.5 Å². The van der Waals surface area contributed by atoms with E-state index in [0.29, 0.717) is 5.75 Å². The van der Waals surface area contributed by atoms with Crippen molar-refractivity contribution in [2.75, 3.05) is 19.0 Å². The Hall–Kier alpha value is -2.54. The van der Waals surface area contributed by atoms with Gasteiger partial charge >= 0.3 is 0 Å². The van der Waals surface area contributed by atoms with Crippen molar-refractivity contribution in [3.05, 3.63) is 58.6 Å². The Bertz CT molecular complexity index is 804. The molecule has 26 heavy (non-hydrogen) atoms. The highest BCUT2D eigenvalue weighted by Gasteiger charge is 2.51. The van der Waals surface area contributed by atoms with E-state index in [1.54, 1.807) is 13.2 Å². The van der Waals surface area contributed by atoms with Crippen molar-refractivity contribution in [2.45, 2.75) is 18.3 Å². The molecule has 0 spiro atoms. The molecule has 0 aromatic heterocycles. The monoisotopic (exact) mass is 417 g/mol. The van der Waals surface area contributed by atoms with Crippen molar-refractivity contribution in [3.8, 4) is 5.75 Å². The average Bonchev–Trinajstić information content (AvgIpc) is 3.47. The Labute approximate surface area is 160 Å². The van der Waals surface area contributed by atoms with Crippen molar-refractivity contribution in [1.82, 2.24) is 10.9 Å². The number of anilines is 1. The molecule has 0 atom stereocenters. The third-order valence-corrected chi connectivity index (χ3v) is 4.95. The van der Waals surface area contributed by atoms with Crippen LogP contribution in [0, 0.1) is 0 Å². The van der Waals surface area contributed by atoms with Gasteiger partial charge in [0.2, 0.25) is 5.91 Å². The molecule has 0 bridgehead atoms. The molecule has 2 aromatic carbocycles. The summed E-state index contributed by atoms with van der Waals surface area (Å²) in [5.41, 5.74) is 6.20. The largest absolute Gasteiger partial charge is 0.497 e. The minimum atomic E-state index is -0.534. The number of nitrogens with one attached hydrogen (secondary N) is 3. The molecule has 3 N–H and O–H groups in total. The lowest BCUT2D eigenvalue weighted by atomic mass is 9.95. The van der Waals surface area contributed by atoms with Crippen molar-refractivity contribution in [1.29, 1.82) is 0 Å². The summed E-state index contributed by atoms with van der Waals surface area (Å²) in [6.45, 7) is 0.0404. The van der Waals surface area contributed by atoms with E-state index in [4.69, 9.17) is 4.74 Å². The zero-order chi connectivity index (χ0) is 18.6. The average molecular weight is 418 g/mol. The third kappa shape index (κ3) is 4.16. The highest BCUT2D eigenvalue weighted by Crippen LogP contribution is 2.48. The first-order chi connectivity index (χ1) is 12.5. The van der Waals surface area contributed by atoms with Gasteiger partial charge in [-0.15, -0.1) is 0 Å². The number of hydrogen-bond acceptors (Lipinski definition) is 4. The third-order valence-electron chi connectivity index (χ3n) is 4.42. The molecular formula is C19H20BrN3O3. The topological polar surface area (TPSA) is 79.5 Å². The number of amides is 2. The lowest BCUT2D eigenvalue weighted by Gasteiger charge is -2.16. The molecule has 0 unspecified atom stereocenters. The number of hydrazine groups is 1. The number of benzene rings is 2. The molecule has 2 aromatic rings. The molecular weight excluding hydrogens is 398 g/mol. The molecule has 1 fully saturated rings. The highest BCUT2D eigenvalue weighted by atomic mass is 79.9. The smallest absolute Gasteiger partial charge is 0.257 e. The van der Waals surface area contributed by atoms with Crippen LogP contribution in [0.15, 0.2) is 53.0 Å². The highest BCUT2D eigenvalue weighted by molar-refractivity contribution is 9.10. The predicted octanol–water partition coefficient (Wildman–Crippen LogP) is 2.75. The SMILES string of the molecule is COc1cccc(NCC(=O)NNC(=O)C2(c3ccc(Br)cc3)CC2)c1. The van der Waals surface area contributed by atoms with Crippen LogP contribution in [0.1, 0.15) is 18.4 Å². The molecule has 1 aliphatic rings. The lowest BCUT2D eigenvalue weighted by Crippen LogP contribution is -2.48. The summed E-state index contributed by atoms with van der Waals surface area (Å²) in [7, 11) is 1.58. The van der Waals surface area contributed by atoms with E-state index in [0.717, 1.165) is 28.6 Å². The Morgan fingerprint density at radius 2 is 1.85 bits per heavy atom. The zero-order valence-electron chi connectivity index (χ0n) is 14.3. The first-order valence-corrected chi connectivity index (χ1v) is 9.06. The maximum absolute atomic E-state index is 12.5. The Morgan fingerprint density at radius 1 is 1.12 bits per heavy atom. The predicted molar refractivity (Wildman–Crippen MR) is 103 cm³/mol. The van der Waals surface area contributed by atoms with Gasteiger partial charge in [-0.25, -0.2) is 0 Å². The summed E-state index contributed by atoms with van der Waals surface area (Å²) in [6.07, 6.45) is 1.55. The van der Waals surface area contributed by atoms with Gasteiger partial charge in [-0.05, 0) is 42.7 Å². The van der Waals surface area contributed by atoms with Crippen LogP contribution >= 0.6 is 15.9 Å². The lowest BCUT2D eigenvalue weighted by molar-refractivity contribution is -0.129. The molecule has 0 heterocycles. The molecule has 0 radical (unpaired) electrons. The molecule has 1 saturated carbocycles. The molecule has 136 valence electrons. The van der Waals surface area contributed by atoms with Crippen LogP contribution in [0.3, 0.4) is 0 Å². The van der Waals surface area contributed by atoms with E-state index in [1.807, 2.05) is 42.5 Å². The Morgan fingerprint density at radius 3 is 2.50 bits per heavy atom. The number of methoxy groups -OCH3 is 1. The van der Waals surface area contributed by atoms with Gasteiger partial charge in [-0.2, -0.15) is 0 Å². The number of hydrogen-bond donors (Lipinski definition) is 3. The van der Waals surface area contributed by atoms with Gasteiger partial charge in [0.15, 0.2) is 0 Å². The van der Waals surface area contributed by atoms with Gasteiger partial charge in [-0.1, -0.05) is 34.1 Å². The quantitative estimate of drug-likeness (QED) is 0.631. The van der Waals surface area contributed by atoms with Crippen LogP contribution in [-0.2, 0) is 15.0 Å². The summed E-state index contributed by atoms with van der Waals surface area (Å²) >= 11 is 3.39. The van der Waals surface area contributed by atoms with Crippen LogP contribution < -0.4 is 20.9 Å². The second-order valence-corrected chi connectivity index (χ2v) is 7.09. The maximum atomic E-state index is 12.5. The number of rotatable bonds is 6. The molecule has 0 saturated heterocycles. The molecule has 1 aliphatic carbocycles. The first kappa shape index (κ1) is 18.3. The summed E-state index contributed by atoms with van der Waals surface area (Å²) in [6, 6.07) is 15.0. The molecule has 0 aliphatic heterocycles. The molecule has 3 rings (SSSR count). The van der Waals surface area contributed by atoms with Gasteiger partial charge in [0.1, 0.15) is 5.75 Å². The summed E-state index contributed by atoms with van der Waals surface area (Å²) in [5.74, 6) is 0.191. The van der Waals surface area contributed by atoms with E-state index in [9.17, 15) is 9.59 Å². The summed E-state index contributed by atoms with van der Waals surface area (Å²) < 4.78 is 6.10. The number of carbonyl (C=O) groups is 2. The normalized spacial score (nSPS) is 14.2. The molecule has 2 amide bonds. The minimum absolute atomic E-state index is 0.0404. The van der Waals surface area contributed by atoms with Crippen LogP contribution in [0.2, 0.25) is 0 Å². The van der Waals surface area contributed by atoms with Gasteiger partial charge in [-0.3, -0.25) is 20.4 Å². The van der Waals surface area contributed by atoms with E-state index in [2.05, 4.69) is 32.1 Å². The summed E-state index contributed by atoms with van der Waals surface area (Å²) in [5, 5.41) is 2.99. The van der Waals surface area contributed by atoms with Gasteiger partial charge < -0.3 is 10.1 Å². The van der Waals surface area contributed by atoms with Gasteiger partial charge in [0, 0.05) is 16.2 Å². The van der Waals surface area contributed by atoms with Crippen molar-refractivity contribution in [3.63, 3.8) is 0 Å². The summed E-state index contributed by atoms with van der Waals surface area (Å²) in [4.78, 5) is 24.5. The fourth-order valence-corrected chi connectivity index (χ4v) is 3.01. The van der Waals surface area contributed by atoms with Crippen molar-refractivity contribution in [2.24, 2.45) is 0 Å². The van der Waals surface area contributed by atoms with E-state index in [1.165, 1.54) is 0 Å². The minimum Gasteiger partial charge on any atom is -0.497 e. The maximum Gasteiger partial charge on any atom is 0.257 e. The van der Waals surface area contributed by atoms with Gasteiger partial charge in [0.25, 0.3) is 5.91 Å². The van der Waals surface area contributed by atoms with Crippen LogP contribution in [0.25, 0.3) is 0 Å². The second-order valence-electron chi connectivity index (χ2n) is 6.18. The second kappa shape index (κ2) is 7.78. The molecule has 6 nitrogen and oxygen atoms in total. The number of ether oxygens (including phenoxy) is 1. The van der Waals surface area contributed by atoms with Crippen LogP contribution in [0.4, 0.5) is 5.69 Å². The van der Waals surface area contributed by atoms with Crippen LogP contribution in [0.5, 0.6) is 5.75 Å². The van der Waals surface area contributed by atoms with E-state index >= 15 is 0 Å². The van der Waals surface area contributed by atoms with Crippen molar-refractivity contribution >= 4 is 33.4 Å². The van der Waals surface area contributed by atoms with Gasteiger partial charge in [0.05, 0.1) is 19.1 Å². The molecule has 7 heteroatoms. The van der Waals surface area contributed by atoms with E-state index < -0.39 is 5.41 Å². The van der Waals surface area contributed by atoms with Crippen molar-refractivity contribution < 1.29 is 14.3 Å². The Kier molecular flexibility index (Phi) is 5.46. The first-order valence-electron chi connectivity index (χ1n) is 8.27. The number of halogens is 1. The fourth-order valence-electron chi connectivity index (χ4n) is 2.75. The fraction of sp³-hybridized carbons (Fsp3) is 0.263. The van der Waals surface area contributed by atoms with E-state index in [-0.39, 0.29) is 18.4 Å². The Balaban J connectivity index is 1.49. The number of carbonyl (C=O) groups excluding carboxylic acids is 2. The zero-order valence-corrected chi connectivity index (χ0v) is 15.9.